The van der Waals surface area contributed by atoms with Crippen molar-refractivity contribution in [3.8, 4) is 0 Å². The van der Waals surface area contributed by atoms with Crippen molar-refractivity contribution in [1.82, 2.24) is 9.47 Å². The number of fused-ring (bicyclic) bond motifs is 2. The summed E-state index contributed by atoms with van der Waals surface area (Å²) < 4.78 is 13.3. The quantitative estimate of drug-likeness (QED) is 0.858. The van der Waals surface area contributed by atoms with Gasteiger partial charge in [-0.2, -0.15) is 0 Å². The molecule has 2 aromatic rings. The van der Waals surface area contributed by atoms with Crippen molar-refractivity contribution in [2.45, 2.75) is 44.4 Å². The molecule has 0 bridgehead atoms. The van der Waals surface area contributed by atoms with Crippen LogP contribution in [-0.4, -0.2) is 54.4 Å². The maximum Gasteiger partial charge on any atom is 0.256 e. The fourth-order valence-electron chi connectivity index (χ4n) is 4.30. The predicted octanol–water partition coefficient (Wildman–Crippen LogP) is 3.07. The van der Waals surface area contributed by atoms with Gasteiger partial charge in [0.2, 0.25) is 0 Å². The summed E-state index contributed by atoms with van der Waals surface area (Å²) in [5.74, 6) is 0.146. The molecule has 5 heteroatoms. The van der Waals surface area contributed by atoms with E-state index in [0.29, 0.717) is 19.8 Å². The topological polar surface area (TPSA) is 43.7 Å². The molecule has 1 aliphatic carbocycles. The highest BCUT2D eigenvalue weighted by Gasteiger charge is 2.37. The van der Waals surface area contributed by atoms with E-state index in [0.717, 1.165) is 35.9 Å². The Bertz CT molecular complexity index is 752. The predicted molar refractivity (Wildman–Crippen MR) is 96.8 cm³/mol. The normalized spacial score (nSPS) is 23.6. The molecule has 134 valence electrons. The molecule has 0 spiro atoms. The number of methoxy groups -OCH3 is 1. The zero-order valence-corrected chi connectivity index (χ0v) is 14.8. The first-order valence-electron chi connectivity index (χ1n) is 9.29. The van der Waals surface area contributed by atoms with Crippen LogP contribution in [-0.2, 0) is 16.0 Å². The molecule has 1 aromatic heterocycles. The summed E-state index contributed by atoms with van der Waals surface area (Å²) >= 11 is 0. The maximum atomic E-state index is 13.4. The van der Waals surface area contributed by atoms with Gasteiger partial charge in [0.15, 0.2) is 0 Å². The number of hydrogen-bond donors (Lipinski definition) is 0. The summed E-state index contributed by atoms with van der Waals surface area (Å²) in [6, 6.07) is 8.37. The van der Waals surface area contributed by atoms with Gasteiger partial charge in [-0.05, 0) is 18.9 Å². The highest BCUT2D eigenvalue weighted by molar-refractivity contribution is 6.07. The van der Waals surface area contributed by atoms with E-state index in [1.54, 1.807) is 7.11 Å². The minimum atomic E-state index is 0.146. The Labute approximate surface area is 148 Å². The van der Waals surface area contributed by atoms with Crippen LogP contribution >= 0.6 is 0 Å². The summed E-state index contributed by atoms with van der Waals surface area (Å²) in [6.07, 6.45) is 6.74. The molecule has 25 heavy (non-hydrogen) atoms. The Balaban J connectivity index is 1.67. The SMILES string of the molecule is COCCn1cc(C(=O)N2CCOC3CCCCC32)c2ccccc21. The Hall–Kier alpha value is -1.85. The smallest absolute Gasteiger partial charge is 0.256 e. The lowest BCUT2D eigenvalue weighted by Crippen LogP contribution is -2.54. The van der Waals surface area contributed by atoms with E-state index < -0.39 is 0 Å². The van der Waals surface area contributed by atoms with Crippen LogP contribution in [0.1, 0.15) is 36.0 Å². The number of carbonyl (C=O) groups is 1. The number of para-hydroxylation sites is 1. The zero-order valence-electron chi connectivity index (χ0n) is 14.8. The third-order valence-corrected chi connectivity index (χ3v) is 5.55. The number of nitrogens with zero attached hydrogens (tertiary/aromatic N) is 2. The van der Waals surface area contributed by atoms with Gasteiger partial charge >= 0.3 is 0 Å². The molecule has 1 saturated carbocycles. The molecular formula is C20H26N2O3. The largest absolute Gasteiger partial charge is 0.383 e. The van der Waals surface area contributed by atoms with Crippen LogP contribution in [0.5, 0.6) is 0 Å². The van der Waals surface area contributed by atoms with Crippen molar-refractivity contribution < 1.29 is 14.3 Å². The Morgan fingerprint density at radius 2 is 2.12 bits per heavy atom. The average molecular weight is 342 g/mol. The van der Waals surface area contributed by atoms with Gasteiger partial charge in [-0.15, -0.1) is 0 Å². The van der Waals surface area contributed by atoms with E-state index in [2.05, 4.69) is 15.5 Å². The average Bonchev–Trinajstić information content (AvgIpc) is 3.04. The number of carbonyl (C=O) groups excluding carboxylic acids is 1. The molecule has 1 amide bonds. The van der Waals surface area contributed by atoms with Gasteiger partial charge in [-0.3, -0.25) is 4.79 Å². The molecule has 1 aromatic carbocycles. The molecule has 2 atom stereocenters. The lowest BCUT2D eigenvalue weighted by atomic mass is 9.89. The van der Waals surface area contributed by atoms with Gasteiger partial charge in [0.05, 0.1) is 30.9 Å². The second-order valence-electron chi connectivity index (χ2n) is 7.01. The summed E-state index contributed by atoms with van der Waals surface area (Å²) in [6.45, 7) is 2.72. The van der Waals surface area contributed by atoms with Crippen molar-refractivity contribution in [1.29, 1.82) is 0 Å². The third-order valence-electron chi connectivity index (χ3n) is 5.55. The Morgan fingerprint density at radius 1 is 1.28 bits per heavy atom. The van der Waals surface area contributed by atoms with Crippen molar-refractivity contribution in [2.24, 2.45) is 0 Å². The van der Waals surface area contributed by atoms with Crippen LogP contribution in [0.15, 0.2) is 30.5 Å². The van der Waals surface area contributed by atoms with Gasteiger partial charge in [0, 0.05) is 37.3 Å². The molecular weight excluding hydrogens is 316 g/mol. The minimum absolute atomic E-state index is 0.146. The minimum Gasteiger partial charge on any atom is -0.383 e. The standard InChI is InChI=1S/C20H26N2O3/c1-24-12-10-21-14-16(15-6-2-3-7-17(15)21)20(23)22-11-13-25-19-9-5-4-8-18(19)22/h2-3,6-7,14,18-19H,4-5,8-13H2,1H3. The van der Waals surface area contributed by atoms with E-state index >= 15 is 0 Å². The zero-order chi connectivity index (χ0) is 17.2. The van der Waals surface area contributed by atoms with Crippen LogP contribution in [0.25, 0.3) is 10.9 Å². The molecule has 0 radical (unpaired) electrons. The van der Waals surface area contributed by atoms with Gasteiger partial charge in [-0.25, -0.2) is 0 Å². The number of ether oxygens (including phenoxy) is 2. The number of amides is 1. The lowest BCUT2D eigenvalue weighted by molar-refractivity contribution is -0.0752. The van der Waals surface area contributed by atoms with E-state index in [9.17, 15) is 4.79 Å². The number of benzene rings is 1. The van der Waals surface area contributed by atoms with Gasteiger partial charge < -0.3 is 18.9 Å². The molecule has 0 N–H and O–H groups in total. The van der Waals surface area contributed by atoms with Crippen LogP contribution in [0.2, 0.25) is 0 Å². The summed E-state index contributed by atoms with van der Waals surface area (Å²) in [5, 5.41) is 1.03. The van der Waals surface area contributed by atoms with Crippen LogP contribution in [0.4, 0.5) is 0 Å². The lowest BCUT2D eigenvalue weighted by Gasteiger charge is -2.43. The van der Waals surface area contributed by atoms with Crippen molar-refractivity contribution in [3.05, 3.63) is 36.0 Å². The first kappa shape index (κ1) is 16.6. The molecule has 2 heterocycles. The highest BCUT2D eigenvalue weighted by Crippen LogP contribution is 2.31. The maximum absolute atomic E-state index is 13.4. The first-order chi connectivity index (χ1) is 12.3. The summed E-state index contributed by atoms with van der Waals surface area (Å²) in [5.41, 5.74) is 1.90. The monoisotopic (exact) mass is 342 g/mol. The van der Waals surface area contributed by atoms with Gasteiger partial charge in [0.25, 0.3) is 5.91 Å². The van der Waals surface area contributed by atoms with Gasteiger partial charge in [0.1, 0.15) is 0 Å². The second kappa shape index (κ2) is 7.18. The van der Waals surface area contributed by atoms with E-state index in [1.165, 1.54) is 12.8 Å². The third kappa shape index (κ3) is 3.07. The second-order valence-corrected chi connectivity index (χ2v) is 7.01. The van der Waals surface area contributed by atoms with E-state index in [4.69, 9.17) is 9.47 Å². The van der Waals surface area contributed by atoms with Crippen molar-refractivity contribution >= 4 is 16.8 Å². The molecule has 2 aliphatic rings. The van der Waals surface area contributed by atoms with E-state index in [-0.39, 0.29) is 18.1 Å². The summed E-state index contributed by atoms with van der Waals surface area (Å²) in [7, 11) is 1.70. The number of morpholine rings is 1. The molecule has 5 nitrogen and oxygen atoms in total. The first-order valence-corrected chi connectivity index (χ1v) is 9.29. The number of hydrogen-bond acceptors (Lipinski definition) is 3. The van der Waals surface area contributed by atoms with Gasteiger partial charge in [-0.1, -0.05) is 31.0 Å². The summed E-state index contributed by atoms with van der Waals surface area (Å²) in [4.78, 5) is 15.4. The molecule has 1 saturated heterocycles. The van der Waals surface area contributed by atoms with Crippen LogP contribution < -0.4 is 0 Å². The Morgan fingerprint density at radius 3 is 3.00 bits per heavy atom. The fourth-order valence-corrected chi connectivity index (χ4v) is 4.30. The highest BCUT2D eigenvalue weighted by atomic mass is 16.5. The molecule has 1 aliphatic heterocycles. The van der Waals surface area contributed by atoms with Crippen molar-refractivity contribution in [2.75, 3.05) is 26.9 Å². The van der Waals surface area contributed by atoms with Crippen LogP contribution in [0.3, 0.4) is 0 Å². The molecule has 4 rings (SSSR count). The number of aromatic nitrogens is 1. The number of rotatable bonds is 4. The fraction of sp³-hybridized carbons (Fsp3) is 0.550. The molecule has 2 unspecified atom stereocenters. The Kier molecular flexibility index (Phi) is 4.77. The van der Waals surface area contributed by atoms with Crippen molar-refractivity contribution in [3.63, 3.8) is 0 Å². The van der Waals surface area contributed by atoms with Crippen LogP contribution in [0, 0.1) is 0 Å². The van der Waals surface area contributed by atoms with E-state index in [1.807, 2.05) is 24.4 Å². The molecule has 2 fully saturated rings.